The molecule has 0 amide bonds. The van der Waals surface area contributed by atoms with Gasteiger partial charge >= 0.3 is 0 Å². The largest absolute Gasteiger partial charge is 0.490 e. The van der Waals surface area contributed by atoms with Gasteiger partial charge in [-0.15, -0.1) is 0 Å². The van der Waals surface area contributed by atoms with Crippen LogP contribution in [-0.2, 0) is 0 Å². The van der Waals surface area contributed by atoms with Crippen LogP contribution in [0.3, 0.4) is 0 Å². The second-order valence-corrected chi connectivity index (χ2v) is 4.14. The van der Waals surface area contributed by atoms with E-state index in [9.17, 15) is 14.9 Å². The third-order valence-corrected chi connectivity index (χ3v) is 2.66. The van der Waals surface area contributed by atoms with Crippen LogP contribution in [0.2, 0.25) is 0 Å². The molecule has 2 aromatic carbocycles. The summed E-state index contributed by atoms with van der Waals surface area (Å²) in [4.78, 5) is 20.7. The van der Waals surface area contributed by atoms with Crippen LogP contribution in [0.15, 0.2) is 48.5 Å². The Kier molecular flexibility index (Phi) is 4.87. The van der Waals surface area contributed by atoms with Crippen molar-refractivity contribution in [2.75, 3.05) is 13.2 Å². The van der Waals surface area contributed by atoms with E-state index in [2.05, 4.69) is 0 Å². The van der Waals surface area contributed by atoms with Gasteiger partial charge in [-0.2, -0.15) is 0 Å². The van der Waals surface area contributed by atoms with Crippen molar-refractivity contribution >= 4 is 12.0 Å². The lowest BCUT2D eigenvalue weighted by atomic mass is 10.2. The Hall–Kier alpha value is -2.89. The summed E-state index contributed by atoms with van der Waals surface area (Å²) in [5, 5.41) is 10.5. The lowest BCUT2D eigenvalue weighted by Gasteiger charge is -2.08. The quantitative estimate of drug-likeness (QED) is 0.338. The molecule has 2 rings (SSSR count). The second kappa shape index (κ2) is 7.04. The van der Waals surface area contributed by atoms with Gasteiger partial charge in [-0.3, -0.25) is 14.9 Å². The van der Waals surface area contributed by atoms with Crippen molar-refractivity contribution in [3.05, 3.63) is 64.2 Å². The highest BCUT2D eigenvalue weighted by atomic mass is 16.6. The molecule has 0 aliphatic rings. The molecule has 6 nitrogen and oxygen atoms in total. The van der Waals surface area contributed by atoms with Crippen molar-refractivity contribution < 1.29 is 19.2 Å². The van der Waals surface area contributed by atoms with E-state index in [0.717, 1.165) is 6.29 Å². The molecule has 0 fully saturated rings. The van der Waals surface area contributed by atoms with E-state index in [1.54, 1.807) is 24.3 Å². The second-order valence-electron chi connectivity index (χ2n) is 4.14. The lowest BCUT2D eigenvalue weighted by Crippen LogP contribution is -2.09. The molecule has 21 heavy (non-hydrogen) atoms. The number of non-ortho nitro benzene ring substituents is 1. The minimum absolute atomic E-state index is 0.0178. The van der Waals surface area contributed by atoms with Crippen molar-refractivity contribution in [2.45, 2.75) is 0 Å². The molecule has 0 heterocycles. The van der Waals surface area contributed by atoms with Crippen molar-refractivity contribution in [1.29, 1.82) is 0 Å². The molecule has 2 aromatic rings. The van der Waals surface area contributed by atoms with Gasteiger partial charge in [0.1, 0.15) is 31.0 Å². The number of aldehydes is 1. The summed E-state index contributed by atoms with van der Waals surface area (Å²) in [6, 6.07) is 12.6. The van der Waals surface area contributed by atoms with Crippen LogP contribution in [0.4, 0.5) is 5.69 Å². The first-order valence-corrected chi connectivity index (χ1v) is 6.24. The average Bonchev–Trinajstić information content (AvgIpc) is 2.52. The van der Waals surface area contributed by atoms with Crippen LogP contribution in [0.25, 0.3) is 0 Å². The summed E-state index contributed by atoms with van der Waals surface area (Å²) in [5.41, 5.74) is 0.563. The smallest absolute Gasteiger partial charge is 0.269 e. The normalized spacial score (nSPS) is 9.90. The highest BCUT2D eigenvalue weighted by molar-refractivity contribution is 5.75. The van der Waals surface area contributed by atoms with Crippen LogP contribution in [0.5, 0.6) is 11.5 Å². The van der Waals surface area contributed by atoms with Crippen molar-refractivity contribution in [2.24, 2.45) is 0 Å². The number of benzene rings is 2. The van der Waals surface area contributed by atoms with Crippen molar-refractivity contribution in [3.63, 3.8) is 0 Å². The Morgan fingerprint density at radius 1 is 1.00 bits per heavy atom. The maximum atomic E-state index is 10.6. The maximum Gasteiger partial charge on any atom is 0.269 e. The van der Waals surface area contributed by atoms with Crippen molar-refractivity contribution in [3.8, 4) is 11.5 Å². The van der Waals surface area contributed by atoms with Gasteiger partial charge < -0.3 is 9.47 Å². The fourth-order valence-electron chi connectivity index (χ4n) is 1.66. The van der Waals surface area contributed by atoms with Gasteiger partial charge in [-0.05, 0) is 24.3 Å². The molecule has 0 unspecified atom stereocenters. The van der Waals surface area contributed by atoms with Gasteiger partial charge in [0.2, 0.25) is 0 Å². The van der Waals surface area contributed by atoms with Crippen LogP contribution in [0.1, 0.15) is 10.4 Å². The Morgan fingerprint density at radius 2 is 1.67 bits per heavy atom. The van der Waals surface area contributed by atoms with E-state index in [1.807, 2.05) is 0 Å². The molecule has 0 aliphatic heterocycles. The van der Waals surface area contributed by atoms with Crippen LogP contribution >= 0.6 is 0 Å². The monoisotopic (exact) mass is 287 g/mol. The number of nitro benzene ring substituents is 1. The summed E-state index contributed by atoms with van der Waals surface area (Å²) >= 11 is 0. The molecular weight excluding hydrogens is 274 g/mol. The Bertz CT molecular complexity index is 624. The molecule has 0 radical (unpaired) electrons. The van der Waals surface area contributed by atoms with Crippen molar-refractivity contribution in [1.82, 2.24) is 0 Å². The number of carbonyl (C=O) groups excluding carboxylic acids is 1. The SMILES string of the molecule is O=Cc1cccc(OCCOc2ccc([N+](=O)[O-])cc2)c1. The maximum absolute atomic E-state index is 10.6. The zero-order valence-electron chi connectivity index (χ0n) is 11.1. The summed E-state index contributed by atoms with van der Waals surface area (Å²) in [6.07, 6.45) is 0.750. The molecule has 0 saturated carbocycles. The fraction of sp³-hybridized carbons (Fsp3) is 0.133. The average molecular weight is 287 g/mol. The van der Waals surface area contributed by atoms with E-state index < -0.39 is 4.92 Å². The number of carbonyl (C=O) groups is 1. The summed E-state index contributed by atoms with van der Waals surface area (Å²) in [7, 11) is 0. The fourth-order valence-corrected chi connectivity index (χ4v) is 1.66. The topological polar surface area (TPSA) is 78.7 Å². The van der Waals surface area contributed by atoms with Gasteiger partial charge in [0.15, 0.2) is 0 Å². The molecule has 0 aliphatic carbocycles. The zero-order chi connectivity index (χ0) is 15.1. The Labute approximate surface area is 121 Å². The van der Waals surface area contributed by atoms with E-state index in [1.165, 1.54) is 24.3 Å². The minimum Gasteiger partial charge on any atom is -0.490 e. The van der Waals surface area contributed by atoms with E-state index >= 15 is 0 Å². The van der Waals surface area contributed by atoms with Gasteiger partial charge in [0.25, 0.3) is 5.69 Å². The van der Waals surface area contributed by atoms with Gasteiger partial charge in [0, 0.05) is 17.7 Å². The molecule has 0 atom stereocenters. The molecule has 0 saturated heterocycles. The van der Waals surface area contributed by atoms with E-state index in [-0.39, 0.29) is 5.69 Å². The molecule has 6 heteroatoms. The predicted octanol–water partition coefficient (Wildman–Crippen LogP) is 2.87. The highest BCUT2D eigenvalue weighted by Crippen LogP contribution is 2.17. The molecular formula is C15H13NO5. The first kappa shape index (κ1) is 14.5. The van der Waals surface area contributed by atoms with Crippen LogP contribution < -0.4 is 9.47 Å². The molecule has 0 aromatic heterocycles. The van der Waals surface area contributed by atoms with Gasteiger partial charge in [-0.25, -0.2) is 0 Å². The standard InChI is InChI=1S/C15H13NO5/c17-11-12-2-1-3-15(10-12)21-9-8-20-14-6-4-13(5-7-14)16(18)19/h1-7,10-11H,8-9H2. The summed E-state index contributed by atoms with van der Waals surface area (Å²) in [6.45, 7) is 0.600. The zero-order valence-corrected chi connectivity index (χ0v) is 11.1. The summed E-state index contributed by atoms with van der Waals surface area (Å²) in [5.74, 6) is 1.12. The van der Waals surface area contributed by atoms with Crippen LogP contribution in [-0.4, -0.2) is 24.4 Å². The number of ether oxygens (including phenoxy) is 2. The number of rotatable bonds is 7. The lowest BCUT2D eigenvalue weighted by molar-refractivity contribution is -0.384. The molecule has 0 spiro atoms. The number of nitrogens with zero attached hydrogens (tertiary/aromatic N) is 1. The molecule has 0 N–H and O–H groups in total. The number of hydrogen-bond donors (Lipinski definition) is 0. The summed E-state index contributed by atoms with van der Waals surface area (Å²) < 4.78 is 10.8. The third-order valence-electron chi connectivity index (χ3n) is 2.66. The van der Waals surface area contributed by atoms with E-state index in [0.29, 0.717) is 30.3 Å². The van der Waals surface area contributed by atoms with Crippen LogP contribution in [0, 0.1) is 10.1 Å². The number of nitro groups is 1. The first-order chi connectivity index (χ1) is 10.2. The molecule has 0 bridgehead atoms. The van der Waals surface area contributed by atoms with E-state index in [4.69, 9.17) is 9.47 Å². The first-order valence-electron chi connectivity index (χ1n) is 6.24. The highest BCUT2D eigenvalue weighted by Gasteiger charge is 2.04. The van der Waals surface area contributed by atoms with Gasteiger partial charge in [0.05, 0.1) is 4.92 Å². The Balaban J connectivity index is 1.78. The Morgan fingerprint density at radius 3 is 2.29 bits per heavy atom. The van der Waals surface area contributed by atoms with Gasteiger partial charge in [-0.1, -0.05) is 12.1 Å². The molecule has 108 valence electrons. The third kappa shape index (κ3) is 4.31. The predicted molar refractivity (Wildman–Crippen MR) is 75.9 cm³/mol. The number of hydrogen-bond acceptors (Lipinski definition) is 5. The minimum atomic E-state index is -0.465.